The van der Waals surface area contributed by atoms with Crippen LogP contribution in [0, 0.1) is 6.92 Å². The highest BCUT2D eigenvalue weighted by Crippen LogP contribution is 2.16. The van der Waals surface area contributed by atoms with Crippen molar-refractivity contribution in [2.24, 2.45) is 0 Å². The Morgan fingerprint density at radius 1 is 1.50 bits per heavy atom. The fraction of sp³-hybridized carbons (Fsp3) is 0.400. The molecule has 8 heteroatoms. The van der Waals surface area contributed by atoms with E-state index in [0.717, 1.165) is 0 Å². The van der Waals surface area contributed by atoms with Crippen LogP contribution in [0.5, 0.6) is 0 Å². The van der Waals surface area contributed by atoms with Crippen LogP contribution in [0.15, 0.2) is 16.7 Å². The molecule has 1 amide bonds. The average Bonchev–Trinajstić information content (AvgIpc) is 2.20. The van der Waals surface area contributed by atoms with Crippen molar-refractivity contribution in [1.82, 2.24) is 4.98 Å². The van der Waals surface area contributed by atoms with Gasteiger partial charge < -0.3 is 10.1 Å². The number of hydrogen-bond acceptors (Lipinski definition) is 3. The first kappa shape index (κ1) is 14.9. The molecule has 0 aromatic carbocycles. The topological polar surface area (TPSA) is 51.2 Å². The molecule has 0 saturated heterocycles. The molecule has 0 aliphatic carbocycles. The molecule has 0 bridgehead atoms. The van der Waals surface area contributed by atoms with Crippen molar-refractivity contribution in [3.05, 3.63) is 22.4 Å². The maximum atomic E-state index is 11.8. The lowest BCUT2D eigenvalue weighted by Gasteiger charge is -2.09. The number of carbonyl (C=O) groups excluding carboxylic acids is 1. The van der Waals surface area contributed by atoms with E-state index >= 15 is 0 Å². The molecule has 0 saturated carbocycles. The van der Waals surface area contributed by atoms with Crippen molar-refractivity contribution >= 4 is 27.5 Å². The Hall–Kier alpha value is -1.15. The second kappa shape index (κ2) is 6.14. The Labute approximate surface area is 110 Å². The van der Waals surface area contributed by atoms with Crippen molar-refractivity contribution in [1.29, 1.82) is 0 Å². The van der Waals surface area contributed by atoms with E-state index in [1.807, 2.05) is 0 Å². The van der Waals surface area contributed by atoms with Gasteiger partial charge in [0, 0.05) is 0 Å². The summed E-state index contributed by atoms with van der Waals surface area (Å²) < 4.78 is 40.1. The molecule has 4 nitrogen and oxygen atoms in total. The molecule has 0 atom stereocenters. The molecule has 0 spiro atoms. The monoisotopic (exact) mass is 326 g/mol. The lowest BCUT2D eigenvalue weighted by atomic mass is 10.3. The van der Waals surface area contributed by atoms with Gasteiger partial charge in [-0.05, 0) is 35.0 Å². The molecule has 1 aromatic heterocycles. The number of ether oxygens (including phenoxy) is 1. The normalized spacial score (nSPS) is 11.4. The summed E-state index contributed by atoms with van der Waals surface area (Å²) in [5.41, 5.74) is 0.979. The number of anilines is 1. The van der Waals surface area contributed by atoms with Crippen LogP contribution in [0.4, 0.5) is 18.9 Å². The number of pyridine rings is 1. The van der Waals surface area contributed by atoms with Crippen LogP contribution in [0.25, 0.3) is 0 Å². The zero-order valence-corrected chi connectivity index (χ0v) is 10.9. The van der Waals surface area contributed by atoms with Crippen molar-refractivity contribution in [3.8, 4) is 0 Å². The highest BCUT2D eigenvalue weighted by Gasteiger charge is 2.27. The van der Waals surface area contributed by atoms with Crippen LogP contribution in [0.3, 0.4) is 0 Å². The van der Waals surface area contributed by atoms with Gasteiger partial charge in [-0.25, -0.2) is 4.98 Å². The lowest BCUT2D eigenvalue weighted by Crippen LogP contribution is -2.24. The van der Waals surface area contributed by atoms with Gasteiger partial charge in [0.2, 0.25) is 5.91 Å². The molecule has 0 aliphatic rings. The van der Waals surface area contributed by atoms with Gasteiger partial charge >= 0.3 is 6.18 Å². The molecule has 0 aliphatic heterocycles. The minimum Gasteiger partial charge on any atom is -0.362 e. The third-order valence-corrected chi connectivity index (χ3v) is 2.27. The SMILES string of the molecule is Cc1nc(Br)ccc1NC(=O)COCC(F)(F)F. The quantitative estimate of drug-likeness (QED) is 0.865. The summed E-state index contributed by atoms with van der Waals surface area (Å²) in [5, 5.41) is 2.41. The van der Waals surface area contributed by atoms with E-state index in [2.05, 4.69) is 31.0 Å². The largest absolute Gasteiger partial charge is 0.411 e. The number of aromatic nitrogens is 1. The van der Waals surface area contributed by atoms with Crippen LogP contribution in [-0.4, -0.2) is 30.3 Å². The third kappa shape index (κ3) is 5.46. The summed E-state index contributed by atoms with van der Waals surface area (Å²) in [6.07, 6.45) is -4.44. The van der Waals surface area contributed by atoms with Gasteiger partial charge in [0.25, 0.3) is 0 Å². The molecule has 0 unspecified atom stereocenters. The maximum absolute atomic E-state index is 11.8. The lowest BCUT2D eigenvalue weighted by molar-refractivity contribution is -0.174. The van der Waals surface area contributed by atoms with E-state index < -0.39 is 25.3 Å². The number of alkyl halides is 3. The Kier molecular flexibility index (Phi) is 5.09. The molecule has 1 N–H and O–H groups in total. The van der Waals surface area contributed by atoms with Gasteiger partial charge in [0.05, 0.1) is 11.4 Å². The molecule has 1 heterocycles. The van der Waals surface area contributed by atoms with Crippen molar-refractivity contribution in [2.75, 3.05) is 18.5 Å². The number of nitrogens with zero attached hydrogens (tertiary/aromatic N) is 1. The number of nitrogens with one attached hydrogen (secondary N) is 1. The number of carbonyl (C=O) groups is 1. The first-order chi connectivity index (χ1) is 8.28. The summed E-state index contributed by atoms with van der Waals surface area (Å²) in [5.74, 6) is -0.661. The molecule has 1 aromatic rings. The first-order valence-corrected chi connectivity index (χ1v) is 5.65. The van der Waals surface area contributed by atoms with Crippen LogP contribution in [0.2, 0.25) is 0 Å². The van der Waals surface area contributed by atoms with Gasteiger partial charge in [0.15, 0.2) is 0 Å². The number of halogens is 4. The Bertz CT molecular complexity index is 438. The highest BCUT2D eigenvalue weighted by molar-refractivity contribution is 9.10. The summed E-state index contributed by atoms with van der Waals surface area (Å²) in [7, 11) is 0. The molecular formula is C10H10BrF3N2O2. The molecule has 0 fully saturated rings. The van der Waals surface area contributed by atoms with Gasteiger partial charge in [0.1, 0.15) is 17.8 Å². The molecule has 1 rings (SSSR count). The van der Waals surface area contributed by atoms with E-state index in [1.54, 1.807) is 19.1 Å². The average molecular weight is 327 g/mol. The predicted molar refractivity (Wildman–Crippen MR) is 62.2 cm³/mol. The first-order valence-electron chi connectivity index (χ1n) is 4.85. The number of aryl methyl sites for hydroxylation is 1. The third-order valence-electron chi connectivity index (χ3n) is 1.82. The van der Waals surface area contributed by atoms with Crippen molar-refractivity contribution in [2.45, 2.75) is 13.1 Å². The van der Waals surface area contributed by atoms with Crippen molar-refractivity contribution in [3.63, 3.8) is 0 Å². The van der Waals surface area contributed by atoms with E-state index in [0.29, 0.717) is 16.0 Å². The van der Waals surface area contributed by atoms with Crippen LogP contribution >= 0.6 is 15.9 Å². The van der Waals surface area contributed by atoms with E-state index in [1.165, 1.54) is 0 Å². The molecular weight excluding hydrogens is 317 g/mol. The maximum Gasteiger partial charge on any atom is 0.411 e. The Balaban J connectivity index is 2.45. The fourth-order valence-corrected chi connectivity index (χ4v) is 1.51. The van der Waals surface area contributed by atoms with Gasteiger partial charge in [-0.1, -0.05) is 0 Å². The summed E-state index contributed by atoms with van der Waals surface area (Å²) in [4.78, 5) is 15.3. The van der Waals surface area contributed by atoms with Crippen LogP contribution in [-0.2, 0) is 9.53 Å². The zero-order valence-electron chi connectivity index (χ0n) is 9.34. The second-order valence-corrected chi connectivity index (χ2v) is 4.24. The standard InChI is InChI=1S/C10H10BrF3N2O2/c1-6-7(2-3-8(11)15-6)16-9(17)4-18-5-10(12,13)14/h2-3H,4-5H2,1H3,(H,16,17). The van der Waals surface area contributed by atoms with Gasteiger partial charge in [-0.2, -0.15) is 13.2 Å². The number of rotatable bonds is 4. The number of amides is 1. The minimum atomic E-state index is -4.44. The predicted octanol–water partition coefficient (Wildman–Crippen LogP) is 2.67. The minimum absolute atomic E-state index is 0.429. The van der Waals surface area contributed by atoms with E-state index in [4.69, 9.17) is 0 Å². The van der Waals surface area contributed by atoms with Crippen LogP contribution < -0.4 is 5.32 Å². The molecule has 0 radical (unpaired) electrons. The van der Waals surface area contributed by atoms with Gasteiger partial charge in [-0.15, -0.1) is 0 Å². The fourth-order valence-electron chi connectivity index (χ4n) is 1.11. The highest BCUT2D eigenvalue weighted by atomic mass is 79.9. The zero-order chi connectivity index (χ0) is 13.8. The summed E-state index contributed by atoms with van der Waals surface area (Å²) in [6, 6.07) is 3.20. The van der Waals surface area contributed by atoms with Crippen LogP contribution in [0.1, 0.15) is 5.69 Å². The molecule has 100 valence electrons. The summed E-state index contributed by atoms with van der Waals surface area (Å²) in [6.45, 7) is -0.441. The second-order valence-electron chi connectivity index (χ2n) is 3.42. The van der Waals surface area contributed by atoms with E-state index in [-0.39, 0.29) is 0 Å². The van der Waals surface area contributed by atoms with Gasteiger partial charge in [-0.3, -0.25) is 4.79 Å². The van der Waals surface area contributed by atoms with Crippen molar-refractivity contribution < 1.29 is 22.7 Å². The van der Waals surface area contributed by atoms with E-state index in [9.17, 15) is 18.0 Å². The number of hydrogen-bond donors (Lipinski definition) is 1. The Morgan fingerprint density at radius 3 is 2.72 bits per heavy atom. The Morgan fingerprint density at radius 2 is 2.17 bits per heavy atom. The smallest absolute Gasteiger partial charge is 0.362 e. The summed E-state index contributed by atoms with van der Waals surface area (Å²) >= 11 is 3.15. The molecule has 18 heavy (non-hydrogen) atoms.